The Morgan fingerprint density at radius 3 is 2.32 bits per heavy atom. The van der Waals surface area contributed by atoms with Crippen LogP contribution in [0.25, 0.3) is 22.2 Å². The van der Waals surface area contributed by atoms with Crippen LogP contribution >= 0.6 is 34.8 Å². The fourth-order valence-corrected chi connectivity index (χ4v) is 6.66. The number of pyridine rings is 1. The van der Waals surface area contributed by atoms with Crippen LogP contribution in [0.3, 0.4) is 0 Å². The van der Waals surface area contributed by atoms with E-state index in [1.807, 2.05) is 4.72 Å². The van der Waals surface area contributed by atoms with Crippen LogP contribution in [0.2, 0.25) is 15.1 Å². The molecule has 0 aliphatic heterocycles. The zero-order chi connectivity index (χ0) is 31.9. The van der Waals surface area contributed by atoms with Crippen molar-refractivity contribution in [3.05, 3.63) is 116 Å². The van der Waals surface area contributed by atoms with E-state index in [9.17, 15) is 27.5 Å². The fraction of sp³-hybridized carbons (Fsp3) is 0.100. The Balaban J connectivity index is 1.62. The van der Waals surface area contributed by atoms with E-state index >= 15 is 4.39 Å². The Morgan fingerprint density at radius 2 is 1.64 bits per heavy atom. The van der Waals surface area contributed by atoms with Gasteiger partial charge in [0.25, 0.3) is 0 Å². The van der Waals surface area contributed by atoms with Gasteiger partial charge in [0.05, 0.1) is 44.3 Å². The minimum absolute atomic E-state index is 0.0142. The van der Waals surface area contributed by atoms with Crippen molar-refractivity contribution in [3.8, 4) is 11.1 Å². The number of fused-ring (bicyclic) bond motifs is 1. The summed E-state index contributed by atoms with van der Waals surface area (Å²) in [5.74, 6) is -5.43. The second-order valence-electron chi connectivity index (χ2n) is 9.75. The number of ketones is 2. The molecule has 44 heavy (non-hydrogen) atoms. The van der Waals surface area contributed by atoms with Crippen molar-refractivity contribution in [2.75, 3.05) is 10.5 Å². The number of aromatic amines is 1. The molecule has 0 saturated carbocycles. The topological polar surface area (TPSA) is 129 Å². The van der Waals surface area contributed by atoms with Gasteiger partial charge in [-0.3, -0.25) is 14.3 Å². The van der Waals surface area contributed by atoms with Gasteiger partial charge in [-0.25, -0.2) is 22.2 Å². The normalized spacial score (nSPS) is 12.3. The minimum atomic E-state index is -4.25. The summed E-state index contributed by atoms with van der Waals surface area (Å²) in [6.45, 7) is 1.22. The highest BCUT2D eigenvalue weighted by Crippen LogP contribution is 2.38. The Kier molecular flexibility index (Phi) is 8.79. The molecule has 226 valence electrons. The van der Waals surface area contributed by atoms with Crippen LogP contribution in [0.15, 0.2) is 67.0 Å². The number of rotatable bonds is 9. The van der Waals surface area contributed by atoms with Crippen LogP contribution in [0.5, 0.6) is 0 Å². The highest BCUT2D eigenvalue weighted by atomic mass is 35.5. The molecule has 3 N–H and O–H groups in total. The smallest absolute Gasteiger partial charge is 0.235 e. The molecule has 2 heterocycles. The first-order chi connectivity index (χ1) is 20.8. The number of H-pyrrole nitrogens is 1. The van der Waals surface area contributed by atoms with Crippen molar-refractivity contribution >= 4 is 73.1 Å². The number of nitrogens with one attached hydrogen (secondary N) is 2. The third kappa shape index (κ3) is 6.06. The first-order valence-electron chi connectivity index (χ1n) is 12.7. The van der Waals surface area contributed by atoms with Crippen LogP contribution in [0.1, 0.15) is 38.8 Å². The van der Waals surface area contributed by atoms with E-state index in [4.69, 9.17) is 34.8 Å². The number of carbonyl (C=O) groups excluding carboxylic acids is 2. The van der Waals surface area contributed by atoms with Gasteiger partial charge in [0.2, 0.25) is 15.8 Å². The molecule has 1 unspecified atom stereocenters. The van der Waals surface area contributed by atoms with Crippen molar-refractivity contribution in [2.24, 2.45) is 0 Å². The molecule has 0 aliphatic rings. The summed E-state index contributed by atoms with van der Waals surface area (Å²) in [5, 5.41) is 9.90. The van der Waals surface area contributed by atoms with Gasteiger partial charge in [-0.1, -0.05) is 53.0 Å². The van der Waals surface area contributed by atoms with E-state index in [0.717, 1.165) is 18.3 Å². The highest BCUT2D eigenvalue weighted by Gasteiger charge is 2.29. The predicted molar refractivity (Wildman–Crippen MR) is 165 cm³/mol. The summed E-state index contributed by atoms with van der Waals surface area (Å²) in [6, 6.07) is 12.7. The van der Waals surface area contributed by atoms with Crippen molar-refractivity contribution in [1.29, 1.82) is 0 Å². The van der Waals surface area contributed by atoms with Crippen LogP contribution in [-0.2, 0) is 10.0 Å². The molecular formula is C30H20Cl3F2N3O5S. The monoisotopic (exact) mass is 677 g/mol. The standard InChI is InChI=1S/C30H20Cl3F2N3O5S/c1-14(39)13-44(42,43)38-22-9-8-21(34)25(27(22)35)29(41)19-12-37-30-23(19)18(10-11-36-30)28(40)24-20(32)7-6-17(26(24)33)15-2-4-16(31)5-3-15/h2-12,14,38-39H,13H2,1H3,(H,36,37). The number of halogens is 5. The molecule has 3 aromatic carbocycles. The van der Waals surface area contributed by atoms with Crippen molar-refractivity contribution < 1.29 is 31.9 Å². The van der Waals surface area contributed by atoms with Gasteiger partial charge in [-0.15, -0.1) is 0 Å². The van der Waals surface area contributed by atoms with E-state index in [1.54, 1.807) is 30.3 Å². The Labute approximate surface area is 264 Å². The maximum atomic E-state index is 15.5. The highest BCUT2D eigenvalue weighted by molar-refractivity contribution is 7.92. The maximum Gasteiger partial charge on any atom is 0.235 e. The van der Waals surface area contributed by atoms with Crippen molar-refractivity contribution in [2.45, 2.75) is 13.0 Å². The average Bonchev–Trinajstić information content (AvgIpc) is 3.39. The molecule has 1 atom stereocenters. The van der Waals surface area contributed by atoms with Crippen LogP contribution in [-0.4, -0.2) is 46.9 Å². The van der Waals surface area contributed by atoms with Gasteiger partial charge >= 0.3 is 0 Å². The lowest BCUT2D eigenvalue weighted by atomic mass is 9.94. The number of sulfonamides is 1. The van der Waals surface area contributed by atoms with E-state index in [0.29, 0.717) is 16.1 Å². The molecular weight excluding hydrogens is 659 g/mol. The molecule has 0 fully saturated rings. The Morgan fingerprint density at radius 1 is 0.955 bits per heavy atom. The number of carbonyl (C=O) groups is 2. The number of anilines is 1. The first-order valence-corrected chi connectivity index (χ1v) is 15.5. The number of aromatic nitrogens is 2. The van der Waals surface area contributed by atoms with Crippen LogP contribution in [0, 0.1) is 11.6 Å². The summed E-state index contributed by atoms with van der Waals surface area (Å²) in [7, 11) is -4.25. The van der Waals surface area contributed by atoms with E-state index < -0.39 is 56.3 Å². The number of aliphatic hydroxyl groups excluding tert-OH is 1. The minimum Gasteiger partial charge on any atom is -0.392 e. The van der Waals surface area contributed by atoms with Crippen LogP contribution < -0.4 is 4.72 Å². The number of nitrogens with zero attached hydrogens (tertiary/aromatic N) is 1. The number of benzene rings is 3. The molecule has 0 spiro atoms. The van der Waals surface area contributed by atoms with Gasteiger partial charge in [0, 0.05) is 33.9 Å². The number of hydrogen-bond acceptors (Lipinski definition) is 6. The number of aliphatic hydroxyl groups is 1. The Bertz CT molecular complexity index is 2070. The lowest BCUT2D eigenvalue weighted by Gasteiger charge is -2.14. The number of hydrogen-bond donors (Lipinski definition) is 3. The quantitative estimate of drug-likeness (QED) is 0.143. The molecule has 0 bridgehead atoms. The molecule has 8 nitrogen and oxygen atoms in total. The SMILES string of the molecule is CC(O)CS(=O)(=O)Nc1ccc(F)c(C(=O)c2c[nH]c3nccc(C(=O)c4c(Cl)ccc(-c5ccc(Cl)cc5)c4Cl)c23)c1F. The largest absolute Gasteiger partial charge is 0.392 e. The van der Waals surface area contributed by atoms with Crippen molar-refractivity contribution in [3.63, 3.8) is 0 Å². The zero-order valence-electron chi connectivity index (χ0n) is 22.5. The first kappa shape index (κ1) is 31.6. The van der Waals surface area contributed by atoms with E-state index in [-0.39, 0.29) is 37.8 Å². The molecule has 0 amide bonds. The summed E-state index contributed by atoms with van der Waals surface area (Å²) < 4.78 is 56.9. The van der Waals surface area contributed by atoms with Crippen molar-refractivity contribution in [1.82, 2.24) is 9.97 Å². The summed E-state index contributed by atoms with van der Waals surface area (Å²) in [6.07, 6.45) is 1.15. The zero-order valence-corrected chi connectivity index (χ0v) is 25.5. The van der Waals surface area contributed by atoms with Gasteiger partial charge in [-0.2, -0.15) is 0 Å². The summed E-state index contributed by atoms with van der Waals surface area (Å²) >= 11 is 19.1. The molecule has 0 saturated heterocycles. The van der Waals surface area contributed by atoms with Crippen LogP contribution in [0.4, 0.5) is 14.5 Å². The average molecular weight is 679 g/mol. The van der Waals surface area contributed by atoms with E-state index in [2.05, 4.69) is 9.97 Å². The second-order valence-corrected chi connectivity index (χ2v) is 12.7. The van der Waals surface area contributed by atoms with Gasteiger partial charge in [0.1, 0.15) is 11.5 Å². The Hall–Kier alpha value is -3.87. The van der Waals surface area contributed by atoms with Gasteiger partial charge < -0.3 is 10.1 Å². The molecule has 0 aliphatic carbocycles. The summed E-state index contributed by atoms with van der Waals surface area (Å²) in [4.78, 5) is 34.5. The fourth-order valence-electron chi connectivity index (χ4n) is 4.67. The molecule has 14 heteroatoms. The van der Waals surface area contributed by atoms with Gasteiger partial charge in [-0.05, 0) is 48.9 Å². The molecule has 0 radical (unpaired) electrons. The van der Waals surface area contributed by atoms with Gasteiger partial charge in [0.15, 0.2) is 11.6 Å². The maximum absolute atomic E-state index is 15.5. The lowest BCUT2D eigenvalue weighted by molar-refractivity contribution is 0.103. The predicted octanol–water partition coefficient (Wildman–Crippen LogP) is 7.05. The molecule has 5 rings (SSSR count). The van der Waals surface area contributed by atoms with E-state index in [1.165, 1.54) is 25.3 Å². The second kappa shape index (κ2) is 12.3. The molecule has 5 aromatic rings. The summed E-state index contributed by atoms with van der Waals surface area (Å²) in [5.41, 5.74) is -1.10. The molecule has 2 aromatic heterocycles. The third-order valence-electron chi connectivity index (χ3n) is 6.58. The lowest BCUT2D eigenvalue weighted by Crippen LogP contribution is -2.25. The third-order valence-corrected chi connectivity index (χ3v) is 8.99.